The van der Waals surface area contributed by atoms with E-state index in [4.69, 9.17) is 42.7 Å². The number of aldehydes is 5. The van der Waals surface area contributed by atoms with Crippen LogP contribution in [-0.4, -0.2) is 372 Å². The predicted octanol–water partition coefficient (Wildman–Crippen LogP) is -2.28. The second kappa shape index (κ2) is 85.9. The normalized spacial score (nSPS) is 14.1. The fourth-order valence-electron chi connectivity index (χ4n) is 12.0. The van der Waals surface area contributed by atoms with Crippen molar-refractivity contribution in [2.24, 2.45) is 35.3 Å². The summed E-state index contributed by atoms with van der Waals surface area (Å²) >= 11 is 0. The SMILES string of the molecule is CC(C=O)CCCCNC(=O)CCN1C(=O)C=CC1=O.CC(C=O)CCCCNC(=O)COCCOCCNC(=O)CCN1C(=O)C=CC1=O.CC(C=O)CCCCNC(=O)COCCOCCNC(=O)CCN1C(=O)C=CC1=O.CC(C=O)CCCCNC(=O)COCCOCCNC(=O)CCN1C(=O)C=CC1=O.CC(C=O)CCCCNC(=O)COCCOCCNC(=O)CCN1C(=O)C=CC1=O.N[C-]=O. The van der Waals surface area contributed by atoms with Crippen LogP contribution < -0.4 is 53.6 Å². The van der Waals surface area contributed by atoms with Gasteiger partial charge in [-0.1, -0.05) is 66.7 Å². The van der Waals surface area contributed by atoms with Gasteiger partial charge in [-0.25, -0.2) is 0 Å². The average molecular weight is 2030 g/mol. The largest absolute Gasteiger partial charge is 0.543 e. The van der Waals surface area contributed by atoms with Gasteiger partial charge in [-0.15, -0.1) is 0 Å². The Morgan fingerprint density at radius 1 is 0.245 bits per heavy atom. The maximum Gasteiger partial charge on any atom is 0.253 e. The summed E-state index contributed by atoms with van der Waals surface area (Å²) in [5.41, 5.74) is 4.04. The molecule has 48 nitrogen and oxygen atoms in total. The highest BCUT2D eigenvalue weighted by Crippen LogP contribution is 2.13. The van der Waals surface area contributed by atoms with Gasteiger partial charge in [-0.2, -0.15) is 6.41 Å². The molecule has 5 unspecified atom stereocenters. The molecule has 5 heterocycles. The Morgan fingerprint density at radius 3 is 0.538 bits per heavy atom. The molecule has 5 aliphatic heterocycles. The molecule has 11 N–H and O–H groups in total. The Bertz CT molecular complexity index is 3610. The van der Waals surface area contributed by atoms with Gasteiger partial charge in [0.1, 0.15) is 57.9 Å². The molecular formula is C95H146N15O33-. The van der Waals surface area contributed by atoms with Crippen molar-refractivity contribution in [1.82, 2.24) is 72.4 Å². The molecule has 0 aromatic rings. The van der Waals surface area contributed by atoms with E-state index < -0.39 is 47.3 Å². The molecule has 48 heteroatoms. The maximum absolute atomic E-state index is 11.7. The molecule has 0 radical (unpaired) electrons. The molecule has 0 bridgehead atoms. The van der Waals surface area contributed by atoms with Gasteiger partial charge in [-0.05, 0) is 64.2 Å². The van der Waals surface area contributed by atoms with Crippen molar-refractivity contribution in [2.45, 2.75) is 163 Å². The lowest BCUT2D eigenvalue weighted by molar-refractivity contribution is -0.139. The lowest BCUT2D eigenvalue weighted by Crippen LogP contribution is -2.35. The van der Waals surface area contributed by atoms with Crippen LogP contribution in [0.4, 0.5) is 0 Å². The Labute approximate surface area is 833 Å². The van der Waals surface area contributed by atoms with Gasteiger partial charge < -0.3 is 120 Å². The fourth-order valence-corrected chi connectivity index (χ4v) is 12.0. The van der Waals surface area contributed by atoms with Crippen LogP contribution >= 0.6 is 0 Å². The number of unbranched alkanes of at least 4 members (excludes halogenated alkanes) is 5. The second-order valence-corrected chi connectivity index (χ2v) is 32.5. The number of nitrogens with one attached hydrogen (secondary N) is 9. The molecule has 0 fully saturated rings. The Hall–Kier alpha value is -12.9. The first kappa shape index (κ1) is 130. The average Bonchev–Trinajstić information content (AvgIpc) is 1.76. The van der Waals surface area contributed by atoms with E-state index >= 15 is 0 Å². The van der Waals surface area contributed by atoms with E-state index in [9.17, 15) is 115 Å². The third-order valence-electron chi connectivity index (χ3n) is 20.2. The number of amides is 20. The number of primary amides is 1. The lowest BCUT2D eigenvalue weighted by Gasteiger charge is -2.13. The first-order valence-electron chi connectivity index (χ1n) is 47.7. The van der Waals surface area contributed by atoms with Crippen LogP contribution in [0.15, 0.2) is 60.8 Å². The minimum atomic E-state index is -0.408. The molecule has 5 aliphatic rings. The Balaban J connectivity index is 0.00000176. The molecule has 0 aliphatic carbocycles. The van der Waals surface area contributed by atoms with Crippen LogP contribution in [0.2, 0.25) is 0 Å². The number of ether oxygens (including phenoxy) is 8. The molecule has 800 valence electrons. The van der Waals surface area contributed by atoms with Gasteiger partial charge in [-0.3, -0.25) is 116 Å². The minimum absolute atomic E-state index is 0.0352. The van der Waals surface area contributed by atoms with Crippen molar-refractivity contribution < 1.29 is 158 Å². The van der Waals surface area contributed by atoms with Gasteiger partial charge in [0.2, 0.25) is 53.2 Å². The zero-order chi connectivity index (χ0) is 106. The highest BCUT2D eigenvalue weighted by molar-refractivity contribution is 6.15. The number of nitrogens with two attached hydrogens (primary N) is 1. The summed E-state index contributed by atoms with van der Waals surface area (Å²) in [7, 11) is 0. The topological polar surface area (TPSA) is 651 Å². The number of carbonyl (C=O) groups excluding carboxylic acids is 25. The minimum Gasteiger partial charge on any atom is -0.543 e. The zero-order valence-electron chi connectivity index (χ0n) is 82.7. The van der Waals surface area contributed by atoms with Gasteiger partial charge >= 0.3 is 0 Å². The summed E-state index contributed by atoms with van der Waals surface area (Å²) in [6.07, 6.45) is 30.4. The fraction of sp³-hybridized carbons (Fsp3) is 0.632. The van der Waals surface area contributed by atoms with Crippen LogP contribution in [0.5, 0.6) is 0 Å². The van der Waals surface area contributed by atoms with Crippen LogP contribution in [0.1, 0.15) is 163 Å². The predicted molar refractivity (Wildman–Crippen MR) is 511 cm³/mol. The molecule has 20 amide bonds. The van der Waals surface area contributed by atoms with Crippen LogP contribution in [0.3, 0.4) is 0 Å². The lowest BCUT2D eigenvalue weighted by atomic mass is 10.1. The van der Waals surface area contributed by atoms with E-state index in [2.05, 4.69) is 53.6 Å². The molecule has 143 heavy (non-hydrogen) atoms. The number of rotatable bonds is 77. The van der Waals surface area contributed by atoms with E-state index in [-0.39, 0.29) is 265 Å². The molecule has 5 rings (SSSR count). The number of hydrogen-bond acceptors (Lipinski definition) is 33. The molecule has 0 saturated carbocycles. The van der Waals surface area contributed by atoms with Crippen LogP contribution in [0, 0.1) is 29.6 Å². The highest BCUT2D eigenvalue weighted by atomic mass is 16.5. The van der Waals surface area contributed by atoms with E-state index in [0.29, 0.717) is 58.9 Å². The zero-order valence-corrected chi connectivity index (χ0v) is 82.7. The molecule has 5 atom stereocenters. The molecule has 0 aromatic heterocycles. The van der Waals surface area contributed by atoms with Crippen LogP contribution in [0.25, 0.3) is 0 Å². The van der Waals surface area contributed by atoms with Crippen molar-refractivity contribution >= 4 is 150 Å². The first-order chi connectivity index (χ1) is 68.7. The summed E-state index contributed by atoms with van der Waals surface area (Å²) in [4.78, 5) is 284. The van der Waals surface area contributed by atoms with E-state index in [1.165, 1.54) is 60.8 Å². The Morgan fingerprint density at radius 2 is 0.385 bits per heavy atom. The molecule has 0 aromatic carbocycles. The summed E-state index contributed by atoms with van der Waals surface area (Å²) in [5.74, 6) is -5.80. The van der Waals surface area contributed by atoms with Gasteiger partial charge in [0, 0.05) is 214 Å². The molecular weight excluding hydrogens is 1880 g/mol. The van der Waals surface area contributed by atoms with Crippen molar-refractivity contribution in [2.75, 3.05) is 197 Å². The van der Waals surface area contributed by atoms with Crippen molar-refractivity contribution in [3.05, 3.63) is 60.8 Å². The number of imide groups is 5. The summed E-state index contributed by atoms with van der Waals surface area (Å²) in [6.45, 7) is 16.7. The number of carbonyl (C=O) groups is 24. The summed E-state index contributed by atoms with van der Waals surface area (Å²) in [5, 5.41) is 24.2. The highest BCUT2D eigenvalue weighted by Gasteiger charge is 2.29. The van der Waals surface area contributed by atoms with E-state index in [0.717, 1.165) is 159 Å². The third-order valence-corrected chi connectivity index (χ3v) is 20.2. The van der Waals surface area contributed by atoms with Gasteiger partial charge in [0.25, 0.3) is 59.1 Å². The van der Waals surface area contributed by atoms with E-state index in [1.807, 2.05) is 34.6 Å². The standard InChI is InChI=1S/4C20H31N3O7.C14H20N2O4.CH2NO/c4*1-16(14-24)4-2-3-8-21-18(26)15-30-13-12-29-11-9-22-17(25)7-10-23-19(27)5-6-20(23)28;1-11(10-17)4-2-3-8-15-12(18)7-9-16-13(19)5-6-14(16)20;2-1-3/h4*5-6,14,16H,2-4,7-13,15H2,1H3,(H,21,26)(H,22,25);5-6,10-11H,2-4,7-9H2,1H3,(H,15,18);(H2,2,3)/q;;;;;-1. The maximum atomic E-state index is 11.7. The number of hydrogen-bond donors (Lipinski definition) is 10. The molecule has 0 spiro atoms. The molecule has 0 saturated heterocycles. The van der Waals surface area contributed by atoms with Crippen molar-refractivity contribution in [1.29, 1.82) is 0 Å². The second-order valence-electron chi connectivity index (χ2n) is 32.5. The summed E-state index contributed by atoms with van der Waals surface area (Å²) < 4.78 is 42.0. The third kappa shape index (κ3) is 71.3. The van der Waals surface area contributed by atoms with Gasteiger partial charge in [0.15, 0.2) is 0 Å². The monoisotopic (exact) mass is 2030 g/mol. The first-order valence-corrected chi connectivity index (χ1v) is 47.7. The summed E-state index contributed by atoms with van der Waals surface area (Å²) in [6, 6.07) is 0. The van der Waals surface area contributed by atoms with E-state index in [1.54, 1.807) is 0 Å². The van der Waals surface area contributed by atoms with Crippen molar-refractivity contribution in [3.63, 3.8) is 0 Å². The number of nitrogens with zero attached hydrogens (tertiary/aromatic N) is 5. The quantitative estimate of drug-likeness (QED) is 0.0101. The van der Waals surface area contributed by atoms with Crippen molar-refractivity contribution in [3.8, 4) is 0 Å². The van der Waals surface area contributed by atoms with Gasteiger partial charge in [0.05, 0.1) is 79.3 Å². The Kier molecular flexibility index (Phi) is 78.1. The van der Waals surface area contributed by atoms with Crippen LogP contribution in [-0.2, 0) is 158 Å². The smallest absolute Gasteiger partial charge is 0.253 e.